The van der Waals surface area contributed by atoms with Crippen LogP contribution in [0, 0.1) is 0 Å². The second-order valence-corrected chi connectivity index (χ2v) is 59.0. The highest BCUT2D eigenvalue weighted by Gasteiger charge is 2.57. The quantitative estimate of drug-likeness (QED) is 0.109. The van der Waals surface area contributed by atoms with Gasteiger partial charge in [0.15, 0.2) is 79.1 Å². The predicted octanol–water partition coefficient (Wildman–Crippen LogP) is 9.48. The van der Waals surface area contributed by atoms with Crippen LogP contribution in [0.25, 0.3) is 0 Å². The van der Waals surface area contributed by atoms with Gasteiger partial charge >= 0.3 is 0 Å². The molecule has 0 amide bonds. The molecule has 0 N–H and O–H groups in total. The number of hydrogen-bond donors (Lipinski definition) is 0. The first kappa shape index (κ1) is 52.4. The van der Waals surface area contributed by atoms with E-state index in [0.717, 1.165) is 0 Å². The van der Waals surface area contributed by atoms with E-state index in [-0.39, 0.29) is 0 Å². The van der Waals surface area contributed by atoms with Crippen molar-refractivity contribution in [3.63, 3.8) is 0 Å². The topological polar surface area (TPSA) is 102 Å². The van der Waals surface area contributed by atoms with Crippen LogP contribution >= 0.6 is 0 Å². The Morgan fingerprint density at radius 2 is 0.564 bits per heavy atom. The van der Waals surface area contributed by atoms with Gasteiger partial charge in [0.25, 0.3) is 0 Å². The van der Waals surface area contributed by atoms with Crippen LogP contribution in [0.2, 0.25) is 157 Å². The van der Waals surface area contributed by atoms with Gasteiger partial charge in [0.05, 0.1) is 13.2 Å². The molecule has 0 bridgehead atoms. The minimum Gasteiger partial charge on any atom is -0.415 e. The second-order valence-electron chi connectivity index (χ2n) is 23.2. The summed E-state index contributed by atoms with van der Waals surface area (Å²) in [5.74, 6) is 0. The third-order valence-corrected chi connectivity index (χ3v) is 15.7. The molecule has 0 aromatic rings. The predicted molar refractivity (Wildman–Crippen MR) is 246 cm³/mol. The molecule has 328 valence electrons. The smallest absolute Gasteiger partial charge is 0.187 e. The Hall–Kier alpha value is 1.30. The Morgan fingerprint density at radius 3 is 0.909 bits per heavy atom. The molecule has 2 aliphatic heterocycles. The minimum atomic E-state index is -2.23. The van der Waals surface area contributed by atoms with E-state index in [4.69, 9.17) is 49.6 Å². The van der Waals surface area contributed by atoms with Crippen molar-refractivity contribution in [3.8, 4) is 0 Å². The molecule has 2 rings (SSSR count). The molecular weight excluding hydrogens is 833 g/mol. The zero-order valence-corrected chi connectivity index (χ0v) is 47.7. The summed E-state index contributed by atoms with van der Waals surface area (Å²) in [5, 5.41) is 0. The van der Waals surface area contributed by atoms with Gasteiger partial charge in [0.1, 0.15) is 48.8 Å². The Kier molecular flexibility index (Phi) is 18.2. The van der Waals surface area contributed by atoms with E-state index in [2.05, 4.69) is 157 Å². The maximum Gasteiger partial charge on any atom is 0.187 e. The highest BCUT2D eigenvalue weighted by Crippen LogP contribution is 2.39. The third kappa shape index (κ3) is 20.6. The summed E-state index contributed by atoms with van der Waals surface area (Å²) in [4.78, 5) is 0. The number of ether oxygens (including phenoxy) is 3. The van der Waals surface area contributed by atoms with E-state index in [1.807, 2.05) is 0 Å². The van der Waals surface area contributed by atoms with E-state index < -0.39 is 128 Å². The van der Waals surface area contributed by atoms with E-state index in [9.17, 15) is 0 Å². The monoisotopic (exact) mass is 918 g/mol. The van der Waals surface area contributed by atoms with Crippen molar-refractivity contribution in [1.29, 1.82) is 0 Å². The van der Waals surface area contributed by atoms with Gasteiger partial charge in [-0.1, -0.05) is 0 Å². The molecule has 0 spiro atoms. The van der Waals surface area contributed by atoms with E-state index in [1.165, 1.54) is 0 Å². The van der Waals surface area contributed by atoms with Gasteiger partial charge in [-0.2, -0.15) is 0 Å². The van der Waals surface area contributed by atoms with Crippen LogP contribution < -0.4 is 0 Å². The fraction of sp³-hybridized carbons (Fsp3) is 1.00. The van der Waals surface area contributed by atoms with Crippen molar-refractivity contribution in [2.24, 2.45) is 0 Å². The molecule has 0 saturated carbocycles. The van der Waals surface area contributed by atoms with Gasteiger partial charge in [-0.25, -0.2) is 0 Å². The van der Waals surface area contributed by atoms with Gasteiger partial charge in [-0.15, -0.1) is 0 Å². The summed E-state index contributed by atoms with van der Waals surface area (Å²) in [5.41, 5.74) is 0. The summed E-state index contributed by atoms with van der Waals surface area (Å²) in [6.07, 6.45) is -5.61. The van der Waals surface area contributed by atoms with Crippen LogP contribution in [-0.2, 0) is 49.6 Å². The van der Waals surface area contributed by atoms with Crippen molar-refractivity contribution >= 4 is 66.5 Å². The maximum absolute atomic E-state index is 7.46. The van der Waals surface area contributed by atoms with Crippen molar-refractivity contribution in [1.82, 2.24) is 0 Å². The van der Waals surface area contributed by atoms with Gasteiger partial charge < -0.3 is 49.6 Å². The van der Waals surface area contributed by atoms with Gasteiger partial charge in [-0.3, -0.25) is 0 Å². The maximum atomic E-state index is 7.46. The Balaban J connectivity index is 2.93. The lowest BCUT2D eigenvalue weighted by Gasteiger charge is -2.54. The molecule has 2 aliphatic rings. The Morgan fingerprint density at radius 1 is 0.291 bits per heavy atom. The summed E-state index contributed by atoms with van der Waals surface area (Å²) in [7, 11) is -17.0. The van der Waals surface area contributed by atoms with Gasteiger partial charge in [0, 0.05) is 0 Å². The molecular formula is C36H86O11Si8. The molecule has 0 aromatic carbocycles. The summed E-state index contributed by atoms with van der Waals surface area (Å²) < 4.78 is 77.4. The molecule has 0 unspecified atom stereocenters. The normalized spacial score (nSPS) is 31.2. The minimum absolute atomic E-state index is 0.321. The molecule has 2 fully saturated rings. The highest BCUT2D eigenvalue weighted by molar-refractivity contribution is 6.72. The molecule has 55 heavy (non-hydrogen) atoms. The average Bonchev–Trinajstić information content (AvgIpc) is 2.88. The largest absolute Gasteiger partial charge is 0.415 e. The van der Waals surface area contributed by atoms with Crippen LogP contribution in [0.4, 0.5) is 0 Å². The molecule has 2 heterocycles. The first-order chi connectivity index (χ1) is 24.2. The summed E-state index contributed by atoms with van der Waals surface area (Å²) in [6, 6.07) is 0. The lowest BCUT2D eigenvalue weighted by molar-refractivity contribution is -0.344. The molecule has 0 radical (unpaired) electrons. The van der Waals surface area contributed by atoms with E-state index in [1.54, 1.807) is 0 Å². The first-order valence-electron chi connectivity index (χ1n) is 20.5. The summed E-state index contributed by atoms with van der Waals surface area (Å²) in [6.45, 7) is 53.5. The van der Waals surface area contributed by atoms with E-state index in [0.29, 0.717) is 13.2 Å². The number of hydrogen-bond acceptors (Lipinski definition) is 11. The molecule has 11 nitrogen and oxygen atoms in total. The average molecular weight is 920 g/mol. The van der Waals surface area contributed by atoms with Gasteiger partial charge in [0.2, 0.25) is 0 Å². The van der Waals surface area contributed by atoms with Crippen LogP contribution in [0.3, 0.4) is 0 Å². The van der Waals surface area contributed by atoms with Crippen molar-refractivity contribution in [3.05, 3.63) is 0 Å². The Labute approximate surface area is 346 Å². The summed E-state index contributed by atoms with van der Waals surface area (Å²) >= 11 is 0. The molecule has 0 aliphatic carbocycles. The van der Waals surface area contributed by atoms with Gasteiger partial charge in [-0.05, 0) is 157 Å². The molecule has 19 heteroatoms. The van der Waals surface area contributed by atoms with Crippen LogP contribution in [-0.4, -0.2) is 141 Å². The lowest BCUT2D eigenvalue weighted by atomic mass is 9.97. The van der Waals surface area contributed by atoms with E-state index >= 15 is 0 Å². The van der Waals surface area contributed by atoms with Crippen LogP contribution in [0.5, 0.6) is 0 Å². The fourth-order valence-corrected chi connectivity index (χ4v) is 13.9. The van der Waals surface area contributed by atoms with Crippen molar-refractivity contribution in [2.45, 2.75) is 219 Å². The SMILES string of the molecule is C[Si](C)(C)OC[C@H]1O[C@H](O[Si](C)(C)C)[C@H](O[Si](C)(C)C)[C@@H](O[Si](C)(C)C)[C@H]1O[C@@H]1O[C@H](CO[Si](C)(C)C)[C@H](O[Si](C)(C)C)[C@H](O[Si](C)(C)C)[C@H]1O[Si](C)(C)C. The third-order valence-electron chi connectivity index (χ3n) is 7.75. The zero-order chi connectivity index (χ0) is 43.0. The molecule has 0 aromatic heterocycles. The van der Waals surface area contributed by atoms with Crippen molar-refractivity contribution < 1.29 is 49.6 Å². The van der Waals surface area contributed by atoms with Crippen LogP contribution in [0.15, 0.2) is 0 Å². The van der Waals surface area contributed by atoms with Crippen LogP contribution in [0.1, 0.15) is 0 Å². The molecule has 2 saturated heterocycles. The fourth-order valence-electron chi connectivity index (χ4n) is 6.26. The molecule has 10 atom stereocenters. The first-order valence-corrected chi connectivity index (χ1v) is 47.8. The zero-order valence-electron chi connectivity index (χ0n) is 39.7. The van der Waals surface area contributed by atoms with Crippen molar-refractivity contribution in [2.75, 3.05) is 13.2 Å². The lowest BCUT2D eigenvalue weighted by Crippen LogP contribution is -2.70. The number of rotatable bonds is 20. The second kappa shape index (κ2) is 19.1. The standard InChI is InChI=1S/C36H86O11Si8/c1-48(2,3)37-25-27-29(31(43-51(10,11)12)34(46-54(19,20)21)36(40-27)47-55(22,23)24)41-35-33(45-53(16,17)18)32(44-52(13,14)15)30(42-50(7,8)9)28(39-35)26-38-49(4,5)6/h27-36H,25-26H2,1-24H3/t27-,28-,29+,30+,31+,32+,33-,34-,35+,36-/m1/s1. The highest BCUT2D eigenvalue weighted by atomic mass is 28.4. The Bertz CT molecular complexity index is 1180.